The number of fused-ring (bicyclic) bond motifs is 1. The van der Waals surface area contributed by atoms with Crippen molar-refractivity contribution in [2.45, 2.75) is 6.92 Å². The van der Waals surface area contributed by atoms with Crippen LogP contribution in [0.4, 0.5) is 4.39 Å². The lowest BCUT2D eigenvalue weighted by Crippen LogP contribution is -1.96. The third kappa shape index (κ3) is 2.12. The monoisotopic (exact) mass is 294 g/mol. The highest BCUT2D eigenvalue weighted by atomic mass is 19.1. The maximum absolute atomic E-state index is 13.3. The SMILES string of the molecule is Cc1cnn(-c2cc3cn(-c4cncc(F)c4)nc3cn2)c1. The Kier molecular flexibility index (Phi) is 2.72. The number of hydrogen-bond donors (Lipinski definition) is 0. The minimum Gasteiger partial charge on any atom is -0.259 e. The van der Waals surface area contributed by atoms with Gasteiger partial charge in [-0.25, -0.2) is 18.7 Å². The summed E-state index contributed by atoms with van der Waals surface area (Å²) in [5.74, 6) is 0.306. The first-order chi connectivity index (χ1) is 10.7. The molecule has 0 aliphatic heterocycles. The fourth-order valence-corrected chi connectivity index (χ4v) is 2.24. The summed E-state index contributed by atoms with van der Waals surface area (Å²) in [4.78, 5) is 8.18. The highest BCUT2D eigenvalue weighted by Crippen LogP contribution is 2.17. The molecule has 0 N–H and O–H groups in total. The van der Waals surface area contributed by atoms with E-state index in [0.29, 0.717) is 11.5 Å². The van der Waals surface area contributed by atoms with E-state index >= 15 is 0 Å². The molecular weight excluding hydrogens is 283 g/mol. The fourth-order valence-electron chi connectivity index (χ4n) is 2.24. The summed E-state index contributed by atoms with van der Waals surface area (Å²) in [6, 6.07) is 3.27. The van der Waals surface area contributed by atoms with Crippen molar-refractivity contribution < 1.29 is 4.39 Å². The van der Waals surface area contributed by atoms with Crippen molar-refractivity contribution in [1.29, 1.82) is 0 Å². The van der Waals surface area contributed by atoms with Gasteiger partial charge in [0.15, 0.2) is 5.82 Å². The second kappa shape index (κ2) is 4.73. The van der Waals surface area contributed by atoms with Crippen molar-refractivity contribution in [3.8, 4) is 11.5 Å². The molecule has 108 valence electrons. The molecule has 4 aromatic rings. The molecule has 0 amide bonds. The van der Waals surface area contributed by atoms with E-state index in [4.69, 9.17) is 0 Å². The van der Waals surface area contributed by atoms with Gasteiger partial charge >= 0.3 is 0 Å². The highest BCUT2D eigenvalue weighted by molar-refractivity contribution is 5.79. The molecule has 7 heteroatoms. The number of aryl methyl sites for hydroxylation is 1. The van der Waals surface area contributed by atoms with Crippen molar-refractivity contribution in [3.05, 3.63) is 60.7 Å². The van der Waals surface area contributed by atoms with Crippen LogP contribution in [0.3, 0.4) is 0 Å². The number of rotatable bonds is 2. The largest absolute Gasteiger partial charge is 0.259 e. The zero-order valence-corrected chi connectivity index (χ0v) is 11.7. The zero-order valence-electron chi connectivity index (χ0n) is 11.7. The van der Waals surface area contributed by atoms with Crippen molar-refractivity contribution in [2.24, 2.45) is 0 Å². The molecule has 0 aliphatic rings. The van der Waals surface area contributed by atoms with E-state index in [0.717, 1.165) is 22.7 Å². The van der Waals surface area contributed by atoms with Crippen LogP contribution in [0.1, 0.15) is 5.56 Å². The molecule has 0 bridgehead atoms. The molecule has 0 atom stereocenters. The minimum atomic E-state index is -0.400. The van der Waals surface area contributed by atoms with E-state index < -0.39 is 5.82 Å². The molecule has 6 nitrogen and oxygen atoms in total. The van der Waals surface area contributed by atoms with Gasteiger partial charge in [0.1, 0.15) is 11.3 Å². The lowest BCUT2D eigenvalue weighted by Gasteiger charge is -1.98. The van der Waals surface area contributed by atoms with Crippen molar-refractivity contribution >= 4 is 10.9 Å². The van der Waals surface area contributed by atoms with E-state index in [2.05, 4.69) is 20.2 Å². The average molecular weight is 294 g/mol. The average Bonchev–Trinajstić information content (AvgIpc) is 3.12. The predicted molar refractivity (Wildman–Crippen MR) is 78.5 cm³/mol. The minimum absolute atomic E-state index is 0.400. The maximum Gasteiger partial charge on any atom is 0.154 e. The van der Waals surface area contributed by atoms with Crippen LogP contribution < -0.4 is 0 Å². The van der Waals surface area contributed by atoms with Crippen molar-refractivity contribution in [1.82, 2.24) is 29.5 Å². The topological polar surface area (TPSA) is 61.4 Å². The molecule has 0 unspecified atom stereocenters. The van der Waals surface area contributed by atoms with Crippen LogP contribution in [0.15, 0.2) is 49.3 Å². The number of hydrogen-bond acceptors (Lipinski definition) is 4. The van der Waals surface area contributed by atoms with Gasteiger partial charge in [0.05, 0.1) is 30.5 Å². The van der Waals surface area contributed by atoms with Crippen LogP contribution in [0.2, 0.25) is 0 Å². The van der Waals surface area contributed by atoms with E-state index in [1.165, 1.54) is 6.07 Å². The predicted octanol–water partition coefficient (Wildman–Crippen LogP) is 2.45. The van der Waals surface area contributed by atoms with Crippen LogP contribution in [0, 0.1) is 12.7 Å². The van der Waals surface area contributed by atoms with Gasteiger partial charge in [-0.15, -0.1) is 0 Å². The molecule has 22 heavy (non-hydrogen) atoms. The van der Waals surface area contributed by atoms with Crippen LogP contribution in [0.5, 0.6) is 0 Å². The standard InChI is InChI=1S/C15H11FN6/c1-10-4-19-22(8-10)15-2-11-9-21(20-14(11)7-18-15)13-3-12(16)5-17-6-13/h2-9H,1H3. The van der Waals surface area contributed by atoms with Crippen LogP contribution in [-0.2, 0) is 0 Å². The zero-order chi connectivity index (χ0) is 15.1. The Morgan fingerprint density at radius 1 is 1.00 bits per heavy atom. The van der Waals surface area contributed by atoms with Crippen molar-refractivity contribution in [2.75, 3.05) is 0 Å². The number of halogens is 1. The Balaban J connectivity index is 1.81. The lowest BCUT2D eigenvalue weighted by atomic mass is 10.3. The molecule has 4 aromatic heterocycles. The van der Waals surface area contributed by atoms with Crippen LogP contribution >= 0.6 is 0 Å². The Hall–Kier alpha value is -3.09. The second-order valence-electron chi connectivity index (χ2n) is 5.00. The van der Waals surface area contributed by atoms with Crippen LogP contribution in [0.25, 0.3) is 22.4 Å². The van der Waals surface area contributed by atoms with Gasteiger partial charge in [-0.2, -0.15) is 10.2 Å². The maximum atomic E-state index is 13.3. The van der Waals surface area contributed by atoms with Crippen molar-refractivity contribution in [3.63, 3.8) is 0 Å². The quantitative estimate of drug-likeness (QED) is 0.569. The van der Waals surface area contributed by atoms with E-state index in [-0.39, 0.29) is 0 Å². The van der Waals surface area contributed by atoms with Gasteiger partial charge < -0.3 is 0 Å². The van der Waals surface area contributed by atoms with E-state index in [1.807, 2.05) is 25.4 Å². The summed E-state index contributed by atoms with van der Waals surface area (Å²) in [5, 5.41) is 9.51. The fraction of sp³-hybridized carbons (Fsp3) is 0.0667. The smallest absolute Gasteiger partial charge is 0.154 e. The second-order valence-corrected chi connectivity index (χ2v) is 5.00. The molecule has 0 saturated heterocycles. The van der Waals surface area contributed by atoms with Gasteiger partial charge in [-0.1, -0.05) is 0 Å². The number of aromatic nitrogens is 6. The summed E-state index contributed by atoms with van der Waals surface area (Å²) >= 11 is 0. The molecule has 4 heterocycles. The Morgan fingerprint density at radius 2 is 1.91 bits per heavy atom. The molecule has 0 aliphatic carbocycles. The molecule has 4 rings (SSSR count). The Bertz CT molecular complexity index is 971. The van der Waals surface area contributed by atoms with Gasteiger partial charge in [-0.05, 0) is 18.6 Å². The van der Waals surface area contributed by atoms with Gasteiger partial charge in [-0.3, -0.25) is 4.98 Å². The number of pyridine rings is 2. The molecule has 0 spiro atoms. The van der Waals surface area contributed by atoms with Crippen LogP contribution in [-0.4, -0.2) is 29.5 Å². The highest BCUT2D eigenvalue weighted by Gasteiger charge is 2.07. The first-order valence-corrected chi connectivity index (χ1v) is 6.67. The summed E-state index contributed by atoms with van der Waals surface area (Å²) < 4.78 is 16.6. The third-order valence-electron chi connectivity index (χ3n) is 3.28. The van der Waals surface area contributed by atoms with Gasteiger partial charge in [0, 0.05) is 23.8 Å². The Morgan fingerprint density at radius 3 is 2.68 bits per heavy atom. The third-order valence-corrected chi connectivity index (χ3v) is 3.28. The summed E-state index contributed by atoms with van der Waals surface area (Å²) in [7, 11) is 0. The first kappa shape index (κ1) is 12.6. The molecule has 0 aromatic carbocycles. The van der Waals surface area contributed by atoms with Gasteiger partial charge in [0.2, 0.25) is 0 Å². The summed E-state index contributed by atoms with van der Waals surface area (Å²) in [6.45, 7) is 1.97. The normalized spacial score (nSPS) is 11.2. The number of nitrogens with zero attached hydrogens (tertiary/aromatic N) is 6. The molecular formula is C15H11FN6. The lowest BCUT2D eigenvalue weighted by molar-refractivity contribution is 0.618. The summed E-state index contributed by atoms with van der Waals surface area (Å²) in [6.07, 6.45) is 9.87. The first-order valence-electron chi connectivity index (χ1n) is 6.67. The Labute approximate surface area is 124 Å². The molecule has 0 radical (unpaired) electrons. The van der Waals surface area contributed by atoms with Gasteiger partial charge in [0.25, 0.3) is 0 Å². The van der Waals surface area contributed by atoms with E-state index in [1.54, 1.807) is 28.0 Å². The van der Waals surface area contributed by atoms with E-state index in [9.17, 15) is 4.39 Å². The molecule has 0 fully saturated rings. The molecule has 0 saturated carbocycles. The summed E-state index contributed by atoms with van der Waals surface area (Å²) in [5.41, 5.74) is 2.34.